The smallest absolute Gasteiger partial charge is 0.0639 e. The van der Waals surface area contributed by atoms with Crippen molar-refractivity contribution in [3.8, 4) is 0 Å². The van der Waals surface area contributed by atoms with Gasteiger partial charge in [0, 0.05) is 18.8 Å². The Labute approximate surface area is 105 Å². The van der Waals surface area contributed by atoms with E-state index in [1.807, 2.05) is 0 Å². The lowest BCUT2D eigenvalue weighted by molar-refractivity contribution is 0.118. The SMILES string of the molecule is CCCc1ccccc1NCCOCC(C)C. The Balaban J connectivity index is 2.30. The normalized spacial score (nSPS) is 10.8. The van der Waals surface area contributed by atoms with E-state index < -0.39 is 0 Å². The zero-order valence-electron chi connectivity index (χ0n) is 11.3. The largest absolute Gasteiger partial charge is 0.383 e. The first-order valence-corrected chi connectivity index (χ1v) is 6.63. The summed E-state index contributed by atoms with van der Waals surface area (Å²) in [5.74, 6) is 0.613. The first kappa shape index (κ1) is 14.0. The van der Waals surface area contributed by atoms with Crippen LogP contribution in [0, 0.1) is 5.92 Å². The van der Waals surface area contributed by atoms with E-state index in [4.69, 9.17) is 4.74 Å². The summed E-state index contributed by atoms with van der Waals surface area (Å²) in [6.45, 7) is 9.06. The van der Waals surface area contributed by atoms with Crippen molar-refractivity contribution >= 4 is 5.69 Å². The maximum Gasteiger partial charge on any atom is 0.0639 e. The minimum absolute atomic E-state index is 0.613. The molecule has 0 saturated heterocycles. The molecule has 1 rings (SSSR count). The molecule has 0 saturated carbocycles. The van der Waals surface area contributed by atoms with E-state index in [2.05, 4.69) is 50.4 Å². The van der Waals surface area contributed by atoms with E-state index in [0.717, 1.165) is 26.2 Å². The number of anilines is 1. The summed E-state index contributed by atoms with van der Waals surface area (Å²) in [6.07, 6.45) is 2.32. The van der Waals surface area contributed by atoms with Gasteiger partial charge in [-0.3, -0.25) is 0 Å². The highest BCUT2D eigenvalue weighted by molar-refractivity contribution is 5.51. The van der Waals surface area contributed by atoms with Crippen molar-refractivity contribution in [1.82, 2.24) is 0 Å². The zero-order valence-corrected chi connectivity index (χ0v) is 11.3. The molecule has 0 aromatic heterocycles. The third-order valence-electron chi connectivity index (χ3n) is 2.55. The van der Waals surface area contributed by atoms with Gasteiger partial charge in [-0.2, -0.15) is 0 Å². The molecule has 0 spiro atoms. The first-order valence-electron chi connectivity index (χ1n) is 6.63. The second kappa shape index (κ2) is 8.13. The average Bonchev–Trinajstić information content (AvgIpc) is 2.31. The zero-order chi connectivity index (χ0) is 12.5. The Bertz CT molecular complexity index is 310. The summed E-state index contributed by atoms with van der Waals surface area (Å²) in [5, 5.41) is 3.45. The van der Waals surface area contributed by atoms with E-state index in [1.165, 1.54) is 17.7 Å². The highest BCUT2D eigenvalue weighted by Crippen LogP contribution is 2.16. The average molecular weight is 235 g/mol. The molecule has 0 fully saturated rings. The predicted molar refractivity (Wildman–Crippen MR) is 74.6 cm³/mol. The molecule has 0 aliphatic carbocycles. The molecule has 2 nitrogen and oxygen atoms in total. The molecule has 0 amide bonds. The van der Waals surface area contributed by atoms with Gasteiger partial charge in [0.15, 0.2) is 0 Å². The molecule has 17 heavy (non-hydrogen) atoms. The van der Waals surface area contributed by atoms with Crippen LogP contribution in [0.25, 0.3) is 0 Å². The van der Waals surface area contributed by atoms with E-state index in [1.54, 1.807) is 0 Å². The number of para-hydroxylation sites is 1. The van der Waals surface area contributed by atoms with Gasteiger partial charge < -0.3 is 10.1 Å². The van der Waals surface area contributed by atoms with E-state index in [-0.39, 0.29) is 0 Å². The number of benzene rings is 1. The second-order valence-corrected chi connectivity index (χ2v) is 4.80. The first-order chi connectivity index (χ1) is 8.24. The van der Waals surface area contributed by atoms with Crippen LogP contribution < -0.4 is 5.32 Å². The van der Waals surface area contributed by atoms with Crippen molar-refractivity contribution in [2.45, 2.75) is 33.6 Å². The van der Waals surface area contributed by atoms with Crippen LogP contribution in [0.5, 0.6) is 0 Å². The molecule has 0 aliphatic rings. The molecule has 1 aromatic rings. The molecule has 1 aromatic carbocycles. The van der Waals surface area contributed by atoms with Gasteiger partial charge in [-0.25, -0.2) is 0 Å². The van der Waals surface area contributed by atoms with Crippen LogP contribution in [0.1, 0.15) is 32.8 Å². The molecule has 0 bridgehead atoms. The van der Waals surface area contributed by atoms with Crippen LogP contribution in [0.3, 0.4) is 0 Å². The fourth-order valence-corrected chi connectivity index (χ4v) is 1.76. The highest BCUT2D eigenvalue weighted by Gasteiger charge is 1.99. The standard InChI is InChI=1S/C15H25NO/c1-4-7-14-8-5-6-9-15(14)16-10-11-17-12-13(2)3/h5-6,8-9,13,16H,4,7,10-12H2,1-3H3. The van der Waals surface area contributed by atoms with Gasteiger partial charge in [0.1, 0.15) is 0 Å². The van der Waals surface area contributed by atoms with Crippen molar-refractivity contribution < 1.29 is 4.74 Å². The van der Waals surface area contributed by atoms with Crippen LogP contribution in [0.4, 0.5) is 5.69 Å². The van der Waals surface area contributed by atoms with Crippen LogP contribution in [-0.4, -0.2) is 19.8 Å². The molecule has 96 valence electrons. The van der Waals surface area contributed by atoms with Crippen LogP contribution >= 0.6 is 0 Å². The summed E-state index contributed by atoms with van der Waals surface area (Å²) < 4.78 is 5.55. The molecule has 0 aliphatic heterocycles. The number of rotatable bonds is 8. The molecular formula is C15H25NO. The second-order valence-electron chi connectivity index (χ2n) is 4.80. The summed E-state index contributed by atoms with van der Waals surface area (Å²) in [5.41, 5.74) is 2.65. The number of hydrogen-bond donors (Lipinski definition) is 1. The monoisotopic (exact) mass is 235 g/mol. The third-order valence-corrected chi connectivity index (χ3v) is 2.55. The van der Waals surface area contributed by atoms with Gasteiger partial charge in [-0.05, 0) is 24.0 Å². The lowest BCUT2D eigenvalue weighted by atomic mass is 10.1. The van der Waals surface area contributed by atoms with Crippen LogP contribution in [0.15, 0.2) is 24.3 Å². The van der Waals surface area contributed by atoms with Gasteiger partial charge in [-0.15, -0.1) is 0 Å². The Morgan fingerprint density at radius 1 is 1.24 bits per heavy atom. The van der Waals surface area contributed by atoms with E-state index in [0.29, 0.717) is 5.92 Å². The molecule has 0 atom stereocenters. The van der Waals surface area contributed by atoms with Crippen molar-refractivity contribution in [2.24, 2.45) is 5.92 Å². The van der Waals surface area contributed by atoms with Crippen molar-refractivity contribution in [3.05, 3.63) is 29.8 Å². The van der Waals surface area contributed by atoms with E-state index >= 15 is 0 Å². The summed E-state index contributed by atoms with van der Waals surface area (Å²) in [6, 6.07) is 8.52. The molecule has 0 radical (unpaired) electrons. The Morgan fingerprint density at radius 2 is 2.00 bits per heavy atom. The molecule has 2 heteroatoms. The minimum atomic E-state index is 0.613. The topological polar surface area (TPSA) is 21.3 Å². The van der Waals surface area contributed by atoms with Crippen LogP contribution in [0.2, 0.25) is 0 Å². The Morgan fingerprint density at radius 3 is 2.71 bits per heavy atom. The summed E-state index contributed by atoms with van der Waals surface area (Å²) >= 11 is 0. The summed E-state index contributed by atoms with van der Waals surface area (Å²) in [7, 11) is 0. The maximum atomic E-state index is 5.55. The Hall–Kier alpha value is -1.02. The molecule has 0 unspecified atom stereocenters. The fraction of sp³-hybridized carbons (Fsp3) is 0.600. The third kappa shape index (κ3) is 5.73. The maximum absolute atomic E-state index is 5.55. The van der Waals surface area contributed by atoms with Gasteiger partial charge in [0.05, 0.1) is 6.61 Å². The fourth-order valence-electron chi connectivity index (χ4n) is 1.76. The number of ether oxygens (including phenoxy) is 1. The van der Waals surface area contributed by atoms with Gasteiger partial charge in [0.2, 0.25) is 0 Å². The molecular weight excluding hydrogens is 210 g/mol. The van der Waals surface area contributed by atoms with Gasteiger partial charge in [-0.1, -0.05) is 45.4 Å². The van der Waals surface area contributed by atoms with Crippen molar-refractivity contribution in [3.63, 3.8) is 0 Å². The van der Waals surface area contributed by atoms with Crippen molar-refractivity contribution in [1.29, 1.82) is 0 Å². The van der Waals surface area contributed by atoms with Crippen LogP contribution in [-0.2, 0) is 11.2 Å². The highest BCUT2D eigenvalue weighted by atomic mass is 16.5. The van der Waals surface area contributed by atoms with Crippen molar-refractivity contribution in [2.75, 3.05) is 25.1 Å². The van der Waals surface area contributed by atoms with E-state index in [9.17, 15) is 0 Å². The minimum Gasteiger partial charge on any atom is -0.383 e. The number of nitrogens with one attached hydrogen (secondary N) is 1. The van der Waals surface area contributed by atoms with Gasteiger partial charge in [0.25, 0.3) is 0 Å². The summed E-state index contributed by atoms with van der Waals surface area (Å²) in [4.78, 5) is 0. The lowest BCUT2D eigenvalue weighted by Gasteiger charge is -2.12. The predicted octanol–water partition coefficient (Wildman–Crippen LogP) is 3.72. The quantitative estimate of drug-likeness (QED) is 0.693. The number of aryl methyl sites for hydroxylation is 1. The number of hydrogen-bond acceptors (Lipinski definition) is 2. The Kier molecular flexibility index (Phi) is 6.71. The molecule has 0 heterocycles. The molecule has 1 N–H and O–H groups in total. The van der Waals surface area contributed by atoms with Gasteiger partial charge >= 0.3 is 0 Å². The lowest BCUT2D eigenvalue weighted by Crippen LogP contribution is -2.13.